The first-order valence-corrected chi connectivity index (χ1v) is 8.05. The fraction of sp³-hybridized carbons (Fsp3) is 0.588. The van der Waals surface area contributed by atoms with E-state index in [0.717, 1.165) is 6.07 Å². The second kappa shape index (κ2) is 7.32. The van der Waals surface area contributed by atoms with Crippen LogP contribution in [0.1, 0.15) is 40.0 Å². The minimum atomic E-state index is -1.21. The Kier molecular flexibility index (Phi) is 5.62. The van der Waals surface area contributed by atoms with Gasteiger partial charge in [-0.05, 0) is 40.0 Å². The first-order chi connectivity index (χ1) is 11.2. The molecule has 0 bridgehead atoms. The minimum Gasteiger partial charge on any atom is -0.444 e. The maximum Gasteiger partial charge on any atom is 0.410 e. The lowest BCUT2D eigenvalue weighted by atomic mass is 10.1. The summed E-state index contributed by atoms with van der Waals surface area (Å²) in [6, 6.07) is 1.22. The molecule has 1 aliphatic heterocycles. The molecule has 0 aliphatic carbocycles. The zero-order valence-corrected chi connectivity index (χ0v) is 14.2. The molecule has 1 amide bonds. The van der Waals surface area contributed by atoms with E-state index < -0.39 is 23.1 Å². The number of likely N-dealkylation sites (tertiary alicyclic amines) is 1. The Morgan fingerprint density at radius 1 is 1.12 bits per heavy atom. The molecular formula is C17H23F3N2O2. The number of carbonyl (C=O) groups is 1. The molecule has 2 rings (SSSR count). The van der Waals surface area contributed by atoms with Gasteiger partial charge in [0.1, 0.15) is 11.4 Å². The summed E-state index contributed by atoms with van der Waals surface area (Å²) >= 11 is 0. The summed E-state index contributed by atoms with van der Waals surface area (Å²) < 4.78 is 45.3. The molecule has 134 valence electrons. The zero-order valence-electron chi connectivity index (χ0n) is 14.2. The average molecular weight is 344 g/mol. The van der Waals surface area contributed by atoms with Crippen LogP contribution in [0.15, 0.2) is 12.1 Å². The molecule has 1 aromatic carbocycles. The van der Waals surface area contributed by atoms with Gasteiger partial charge >= 0.3 is 6.09 Å². The fourth-order valence-corrected chi connectivity index (χ4v) is 2.60. The number of amides is 1. The molecule has 1 saturated heterocycles. The number of anilines is 1. The van der Waals surface area contributed by atoms with E-state index >= 15 is 0 Å². The van der Waals surface area contributed by atoms with Gasteiger partial charge in [0.15, 0.2) is 11.6 Å². The number of hydrogen-bond acceptors (Lipinski definition) is 3. The molecule has 1 aromatic rings. The van der Waals surface area contributed by atoms with Gasteiger partial charge in [0.25, 0.3) is 0 Å². The Morgan fingerprint density at radius 2 is 1.79 bits per heavy atom. The Bertz CT molecular complexity index is 602. The molecule has 1 N–H and O–H groups in total. The van der Waals surface area contributed by atoms with Gasteiger partial charge < -0.3 is 15.0 Å². The number of nitrogens with zero attached hydrogens (tertiary/aromatic N) is 1. The molecule has 0 radical (unpaired) electrons. The minimum absolute atomic E-state index is 0.0652. The van der Waals surface area contributed by atoms with E-state index in [2.05, 4.69) is 5.32 Å². The Morgan fingerprint density at radius 3 is 2.46 bits per heavy atom. The van der Waals surface area contributed by atoms with Crippen molar-refractivity contribution < 1.29 is 22.7 Å². The maximum absolute atomic E-state index is 13.7. The molecule has 1 heterocycles. The van der Waals surface area contributed by atoms with Crippen molar-refractivity contribution in [1.82, 2.24) is 4.90 Å². The fourth-order valence-electron chi connectivity index (χ4n) is 2.60. The van der Waals surface area contributed by atoms with Gasteiger partial charge in [-0.15, -0.1) is 0 Å². The number of ether oxygens (including phenoxy) is 1. The highest BCUT2D eigenvalue weighted by Gasteiger charge is 2.25. The Balaban J connectivity index is 1.96. The lowest BCUT2D eigenvalue weighted by molar-refractivity contribution is 0.0256. The summed E-state index contributed by atoms with van der Waals surface area (Å²) in [4.78, 5) is 13.7. The van der Waals surface area contributed by atoms with Gasteiger partial charge in [0.2, 0.25) is 0 Å². The molecule has 1 atom stereocenters. The summed E-state index contributed by atoms with van der Waals surface area (Å²) in [6.45, 7) is 6.42. The van der Waals surface area contributed by atoms with Crippen LogP contribution in [-0.2, 0) is 4.74 Å². The summed E-state index contributed by atoms with van der Waals surface area (Å²) in [7, 11) is 0. The van der Waals surface area contributed by atoms with Crippen LogP contribution in [0.2, 0.25) is 0 Å². The molecule has 0 saturated carbocycles. The monoisotopic (exact) mass is 344 g/mol. The van der Waals surface area contributed by atoms with Crippen molar-refractivity contribution >= 4 is 11.8 Å². The van der Waals surface area contributed by atoms with Crippen LogP contribution in [0.25, 0.3) is 0 Å². The molecule has 1 aliphatic rings. The number of benzene rings is 1. The predicted molar refractivity (Wildman–Crippen MR) is 85.4 cm³/mol. The van der Waals surface area contributed by atoms with E-state index in [4.69, 9.17) is 4.74 Å². The van der Waals surface area contributed by atoms with E-state index in [1.54, 1.807) is 25.7 Å². The molecule has 0 aromatic heterocycles. The highest BCUT2D eigenvalue weighted by molar-refractivity contribution is 5.68. The van der Waals surface area contributed by atoms with Gasteiger partial charge in [-0.2, -0.15) is 0 Å². The standard InChI is InChI=1S/C17H23F3N2O2/c1-17(2,3)24-16(23)22-7-4-5-11(6-8-22)21-15-10-13(19)12(18)9-14(15)20/h9-11,21H,4-8H2,1-3H3. The predicted octanol–water partition coefficient (Wildman–Crippen LogP) is 4.31. The lowest BCUT2D eigenvalue weighted by Crippen LogP contribution is -2.37. The topological polar surface area (TPSA) is 41.6 Å². The quantitative estimate of drug-likeness (QED) is 0.813. The van der Waals surface area contributed by atoms with Crippen LogP contribution in [-0.4, -0.2) is 35.7 Å². The Labute approximate surface area is 140 Å². The van der Waals surface area contributed by atoms with Crippen LogP contribution in [0.3, 0.4) is 0 Å². The first-order valence-electron chi connectivity index (χ1n) is 8.05. The molecule has 0 spiro atoms. The van der Waals surface area contributed by atoms with Gasteiger partial charge in [-0.1, -0.05) is 0 Å². The van der Waals surface area contributed by atoms with Crippen LogP contribution < -0.4 is 5.32 Å². The van der Waals surface area contributed by atoms with Crippen LogP contribution in [0, 0.1) is 17.5 Å². The Hall–Kier alpha value is -1.92. The maximum atomic E-state index is 13.7. The van der Waals surface area contributed by atoms with Crippen molar-refractivity contribution in [3.05, 3.63) is 29.6 Å². The van der Waals surface area contributed by atoms with E-state index in [9.17, 15) is 18.0 Å². The SMILES string of the molecule is CC(C)(C)OC(=O)N1CCCC(Nc2cc(F)c(F)cc2F)CC1. The first kappa shape index (κ1) is 18.4. The van der Waals surface area contributed by atoms with Crippen molar-refractivity contribution in [2.24, 2.45) is 0 Å². The summed E-state index contributed by atoms with van der Waals surface area (Å²) in [5.41, 5.74) is -0.625. The van der Waals surface area contributed by atoms with Crippen LogP contribution in [0.4, 0.5) is 23.7 Å². The summed E-state index contributed by atoms with van der Waals surface area (Å²) in [5.74, 6) is -3.14. The molecule has 1 unspecified atom stereocenters. The van der Waals surface area contributed by atoms with Crippen molar-refractivity contribution in [1.29, 1.82) is 0 Å². The average Bonchev–Trinajstić information content (AvgIpc) is 2.68. The van der Waals surface area contributed by atoms with Crippen molar-refractivity contribution in [2.45, 2.75) is 51.7 Å². The van der Waals surface area contributed by atoms with Crippen LogP contribution >= 0.6 is 0 Å². The molecule has 7 heteroatoms. The highest BCUT2D eigenvalue weighted by atomic mass is 19.2. The third kappa shape index (κ3) is 5.04. The number of halogens is 3. The molecular weight excluding hydrogens is 321 g/mol. The second-order valence-corrected chi connectivity index (χ2v) is 6.99. The van der Waals surface area contributed by atoms with E-state index in [1.165, 1.54) is 0 Å². The largest absolute Gasteiger partial charge is 0.444 e. The highest BCUT2D eigenvalue weighted by Crippen LogP contribution is 2.23. The number of hydrogen-bond donors (Lipinski definition) is 1. The normalized spacial score (nSPS) is 18.9. The van der Waals surface area contributed by atoms with Crippen molar-refractivity contribution in [2.75, 3.05) is 18.4 Å². The number of carbonyl (C=O) groups excluding carboxylic acids is 1. The third-order valence-electron chi connectivity index (χ3n) is 3.75. The second-order valence-electron chi connectivity index (χ2n) is 6.99. The van der Waals surface area contributed by atoms with Crippen molar-refractivity contribution in [3.8, 4) is 0 Å². The number of rotatable bonds is 2. The number of nitrogens with one attached hydrogen (secondary N) is 1. The van der Waals surface area contributed by atoms with Gasteiger partial charge in [0, 0.05) is 31.3 Å². The third-order valence-corrected chi connectivity index (χ3v) is 3.75. The van der Waals surface area contributed by atoms with E-state index in [0.29, 0.717) is 38.4 Å². The summed E-state index contributed by atoms with van der Waals surface area (Å²) in [6.07, 6.45) is 1.60. The summed E-state index contributed by atoms with van der Waals surface area (Å²) in [5, 5.41) is 2.90. The molecule has 24 heavy (non-hydrogen) atoms. The van der Waals surface area contributed by atoms with Gasteiger partial charge in [-0.3, -0.25) is 0 Å². The van der Waals surface area contributed by atoms with Crippen molar-refractivity contribution in [3.63, 3.8) is 0 Å². The van der Waals surface area contributed by atoms with Crippen LogP contribution in [0.5, 0.6) is 0 Å². The zero-order chi connectivity index (χ0) is 17.9. The molecule has 1 fully saturated rings. The molecule has 4 nitrogen and oxygen atoms in total. The van der Waals surface area contributed by atoms with E-state index in [1.807, 2.05) is 0 Å². The van der Waals surface area contributed by atoms with Gasteiger partial charge in [0.05, 0.1) is 5.69 Å². The van der Waals surface area contributed by atoms with E-state index in [-0.39, 0.29) is 17.8 Å². The van der Waals surface area contributed by atoms with Gasteiger partial charge in [-0.25, -0.2) is 18.0 Å². The lowest BCUT2D eigenvalue weighted by Gasteiger charge is -2.26. The smallest absolute Gasteiger partial charge is 0.410 e.